The number of hydrogen-bond acceptors (Lipinski definition) is 1. The van der Waals surface area contributed by atoms with Gasteiger partial charge in [-0.3, -0.25) is 0 Å². The van der Waals surface area contributed by atoms with Crippen LogP contribution in [0, 0.1) is 12.3 Å². The van der Waals surface area contributed by atoms with Gasteiger partial charge in [-0.1, -0.05) is 25.7 Å². The standard InChI is InChI=1S/C13H24O/c1-7-9-10-11-13(6,8-2)14-12(3,4)5/h2H,7,9-11H2,1,3-6H3. The number of rotatable bonds is 5. The van der Waals surface area contributed by atoms with Gasteiger partial charge in [-0.25, -0.2) is 0 Å². The van der Waals surface area contributed by atoms with Gasteiger partial charge in [0.1, 0.15) is 5.60 Å². The Kier molecular flexibility index (Phi) is 5.23. The summed E-state index contributed by atoms with van der Waals surface area (Å²) in [5.74, 6) is 2.77. The Morgan fingerprint density at radius 3 is 2.07 bits per heavy atom. The lowest BCUT2D eigenvalue weighted by Gasteiger charge is -2.32. The summed E-state index contributed by atoms with van der Waals surface area (Å²) in [6.45, 7) is 10.3. The minimum Gasteiger partial charge on any atom is -0.357 e. The summed E-state index contributed by atoms with van der Waals surface area (Å²) in [5, 5.41) is 0. The summed E-state index contributed by atoms with van der Waals surface area (Å²) in [6, 6.07) is 0. The largest absolute Gasteiger partial charge is 0.357 e. The molecule has 0 bridgehead atoms. The second-order valence-electron chi connectivity index (χ2n) is 5.05. The summed E-state index contributed by atoms with van der Waals surface area (Å²) in [6.07, 6.45) is 10.1. The molecule has 0 saturated heterocycles. The lowest BCUT2D eigenvalue weighted by atomic mass is 9.97. The van der Waals surface area contributed by atoms with Crippen molar-refractivity contribution in [2.75, 3.05) is 0 Å². The third kappa shape index (κ3) is 6.05. The summed E-state index contributed by atoms with van der Waals surface area (Å²) in [7, 11) is 0. The molecule has 82 valence electrons. The minimum absolute atomic E-state index is 0.159. The van der Waals surface area contributed by atoms with Gasteiger partial charge in [0.05, 0.1) is 5.60 Å². The molecule has 0 aliphatic carbocycles. The van der Waals surface area contributed by atoms with E-state index in [1.54, 1.807) is 0 Å². The van der Waals surface area contributed by atoms with Gasteiger partial charge in [-0.15, -0.1) is 6.42 Å². The number of unbranched alkanes of at least 4 members (excludes halogenated alkanes) is 2. The van der Waals surface area contributed by atoms with E-state index in [4.69, 9.17) is 11.2 Å². The van der Waals surface area contributed by atoms with Gasteiger partial charge in [0.15, 0.2) is 0 Å². The summed E-state index contributed by atoms with van der Waals surface area (Å²) >= 11 is 0. The number of hydrogen-bond donors (Lipinski definition) is 0. The molecule has 1 unspecified atom stereocenters. The van der Waals surface area contributed by atoms with Gasteiger partial charge in [0.25, 0.3) is 0 Å². The van der Waals surface area contributed by atoms with Crippen LogP contribution >= 0.6 is 0 Å². The summed E-state index contributed by atoms with van der Waals surface area (Å²) in [4.78, 5) is 0. The van der Waals surface area contributed by atoms with Crippen LogP contribution in [0.2, 0.25) is 0 Å². The molecule has 0 spiro atoms. The van der Waals surface area contributed by atoms with Crippen LogP contribution in [0.4, 0.5) is 0 Å². The maximum Gasteiger partial charge on any atom is 0.126 e. The fourth-order valence-corrected chi connectivity index (χ4v) is 1.54. The smallest absolute Gasteiger partial charge is 0.126 e. The van der Waals surface area contributed by atoms with E-state index in [2.05, 4.69) is 12.8 Å². The van der Waals surface area contributed by atoms with E-state index < -0.39 is 5.60 Å². The average Bonchev–Trinajstić information content (AvgIpc) is 2.02. The van der Waals surface area contributed by atoms with E-state index in [1.807, 2.05) is 27.7 Å². The second kappa shape index (κ2) is 5.41. The van der Waals surface area contributed by atoms with Crippen molar-refractivity contribution in [3.63, 3.8) is 0 Å². The molecular weight excluding hydrogens is 172 g/mol. The van der Waals surface area contributed by atoms with Gasteiger partial charge in [-0.2, -0.15) is 0 Å². The van der Waals surface area contributed by atoms with Crippen LogP contribution in [0.5, 0.6) is 0 Å². The molecule has 0 saturated carbocycles. The van der Waals surface area contributed by atoms with Gasteiger partial charge in [0.2, 0.25) is 0 Å². The monoisotopic (exact) mass is 196 g/mol. The Labute approximate surface area is 89.2 Å². The maximum absolute atomic E-state index is 5.88. The van der Waals surface area contributed by atoms with Crippen molar-refractivity contribution in [1.82, 2.24) is 0 Å². The molecule has 1 heteroatoms. The first-order chi connectivity index (χ1) is 6.33. The van der Waals surface area contributed by atoms with Crippen molar-refractivity contribution in [1.29, 1.82) is 0 Å². The molecule has 0 aromatic rings. The zero-order valence-corrected chi connectivity index (χ0v) is 10.3. The molecular formula is C13H24O. The Bertz CT molecular complexity index is 194. The molecule has 0 aromatic carbocycles. The third-order valence-corrected chi connectivity index (χ3v) is 2.09. The molecule has 0 N–H and O–H groups in total. The zero-order chi connectivity index (χ0) is 11.2. The Hall–Kier alpha value is -0.480. The minimum atomic E-state index is -0.395. The third-order valence-electron chi connectivity index (χ3n) is 2.09. The predicted molar refractivity (Wildman–Crippen MR) is 62.2 cm³/mol. The van der Waals surface area contributed by atoms with Crippen molar-refractivity contribution in [3.8, 4) is 12.3 Å². The topological polar surface area (TPSA) is 9.23 Å². The van der Waals surface area contributed by atoms with Crippen LogP contribution in [0.3, 0.4) is 0 Å². The molecule has 0 amide bonds. The molecule has 0 heterocycles. The molecule has 1 nitrogen and oxygen atoms in total. The first-order valence-corrected chi connectivity index (χ1v) is 5.51. The highest BCUT2D eigenvalue weighted by Gasteiger charge is 2.27. The maximum atomic E-state index is 5.88. The lowest BCUT2D eigenvalue weighted by Crippen LogP contribution is -2.36. The van der Waals surface area contributed by atoms with Gasteiger partial charge >= 0.3 is 0 Å². The highest BCUT2D eigenvalue weighted by molar-refractivity contribution is 5.06. The number of ether oxygens (including phenoxy) is 1. The molecule has 0 radical (unpaired) electrons. The molecule has 0 rings (SSSR count). The van der Waals surface area contributed by atoms with Crippen LogP contribution in [0.1, 0.15) is 60.3 Å². The van der Waals surface area contributed by atoms with Crippen LogP contribution in [-0.2, 0) is 4.74 Å². The first kappa shape index (κ1) is 13.5. The predicted octanol–water partition coefficient (Wildman–Crippen LogP) is 3.77. The molecule has 0 aliphatic heterocycles. The van der Waals surface area contributed by atoms with Crippen molar-refractivity contribution in [2.45, 2.75) is 71.5 Å². The van der Waals surface area contributed by atoms with Crippen molar-refractivity contribution in [2.24, 2.45) is 0 Å². The van der Waals surface area contributed by atoms with Crippen LogP contribution in [-0.4, -0.2) is 11.2 Å². The van der Waals surface area contributed by atoms with E-state index in [-0.39, 0.29) is 5.60 Å². The SMILES string of the molecule is C#CC(C)(CCCCC)OC(C)(C)C. The van der Waals surface area contributed by atoms with Crippen LogP contribution in [0.25, 0.3) is 0 Å². The highest BCUT2D eigenvalue weighted by Crippen LogP contribution is 2.24. The van der Waals surface area contributed by atoms with Gasteiger partial charge in [-0.05, 0) is 40.5 Å². The fourth-order valence-electron chi connectivity index (χ4n) is 1.54. The zero-order valence-electron chi connectivity index (χ0n) is 10.3. The highest BCUT2D eigenvalue weighted by atomic mass is 16.5. The first-order valence-electron chi connectivity index (χ1n) is 5.51. The molecule has 0 aromatic heterocycles. The summed E-state index contributed by atoms with van der Waals surface area (Å²) in [5.41, 5.74) is -0.555. The Morgan fingerprint density at radius 2 is 1.71 bits per heavy atom. The molecule has 1 atom stereocenters. The van der Waals surface area contributed by atoms with Crippen molar-refractivity contribution < 1.29 is 4.74 Å². The van der Waals surface area contributed by atoms with Crippen LogP contribution < -0.4 is 0 Å². The summed E-state index contributed by atoms with van der Waals surface area (Å²) < 4.78 is 5.88. The number of terminal acetylenes is 1. The Balaban J connectivity index is 4.14. The van der Waals surface area contributed by atoms with E-state index in [0.29, 0.717) is 0 Å². The van der Waals surface area contributed by atoms with E-state index in [0.717, 1.165) is 12.8 Å². The average molecular weight is 196 g/mol. The molecule has 14 heavy (non-hydrogen) atoms. The lowest BCUT2D eigenvalue weighted by molar-refractivity contribution is -0.0942. The van der Waals surface area contributed by atoms with E-state index in [1.165, 1.54) is 12.8 Å². The second-order valence-corrected chi connectivity index (χ2v) is 5.05. The van der Waals surface area contributed by atoms with Crippen molar-refractivity contribution in [3.05, 3.63) is 0 Å². The van der Waals surface area contributed by atoms with Crippen molar-refractivity contribution >= 4 is 0 Å². The Morgan fingerprint density at radius 1 is 1.14 bits per heavy atom. The normalized spacial score (nSPS) is 16.0. The van der Waals surface area contributed by atoms with Gasteiger partial charge < -0.3 is 4.74 Å². The quantitative estimate of drug-likeness (QED) is 0.480. The molecule has 0 fully saturated rings. The van der Waals surface area contributed by atoms with Gasteiger partial charge in [0, 0.05) is 0 Å². The van der Waals surface area contributed by atoms with Crippen LogP contribution in [0.15, 0.2) is 0 Å². The van der Waals surface area contributed by atoms with E-state index in [9.17, 15) is 0 Å². The fraction of sp³-hybridized carbons (Fsp3) is 0.846. The van der Waals surface area contributed by atoms with E-state index >= 15 is 0 Å². The molecule has 0 aliphatic rings.